The first-order chi connectivity index (χ1) is 18.3. The predicted molar refractivity (Wildman–Crippen MR) is 150 cm³/mol. The summed E-state index contributed by atoms with van der Waals surface area (Å²) in [5.41, 5.74) is 2.12. The molecule has 0 aromatic heterocycles. The molecular weight excluding hydrogens is 498 g/mol. The number of anilines is 2. The zero-order valence-corrected chi connectivity index (χ0v) is 21.7. The van der Waals surface area contributed by atoms with Gasteiger partial charge in [0.05, 0.1) is 0 Å². The fourth-order valence-electron chi connectivity index (χ4n) is 5.24. The van der Waals surface area contributed by atoms with Crippen LogP contribution >= 0.6 is 0 Å². The van der Waals surface area contributed by atoms with E-state index < -0.39 is 15.8 Å². The van der Waals surface area contributed by atoms with Crippen LogP contribution in [0.25, 0.3) is 16.5 Å². The number of aliphatic hydroxyl groups excluding tert-OH is 1. The van der Waals surface area contributed by atoms with Gasteiger partial charge in [0, 0.05) is 55.7 Å². The summed E-state index contributed by atoms with van der Waals surface area (Å²) < 4.78 is 28.1. The van der Waals surface area contributed by atoms with Crippen LogP contribution in [0.1, 0.15) is 15.9 Å². The van der Waals surface area contributed by atoms with E-state index >= 15 is 0 Å². The van der Waals surface area contributed by atoms with Crippen molar-refractivity contribution in [2.75, 3.05) is 43.0 Å². The molecule has 0 saturated carbocycles. The van der Waals surface area contributed by atoms with E-state index in [4.69, 9.17) is 0 Å². The van der Waals surface area contributed by atoms with Crippen LogP contribution in [0.15, 0.2) is 102 Å². The molecule has 1 fully saturated rings. The number of likely N-dealkylation sites (N-methyl/N-ethyl adjacent to an activating group) is 1. The van der Waals surface area contributed by atoms with Crippen molar-refractivity contribution in [1.29, 1.82) is 0 Å². The molecule has 7 nitrogen and oxygen atoms in total. The number of para-hydroxylation sites is 1. The lowest BCUT2D eigenvalue weighted by molar-refractivity contribution is 0.100. The van der Waals surface area contributed by atoms with E-state index in [9.17, 15) is 18.3 Å². The number of Topliss-reactive ketones (excluding diaryl/α,β-unsaturated/α-hetero) is 1. The van der Waals surface area contributed by atoms with Gasteiger partial charge in [-0.1, -0.05) is 54.6 Å². The van der Waals surface area contributed by atoms with Crippen molar-refractivity contribution < 1.29 is 18.3 Å². The van der Waals surface area contributed by atoms with E-state index in [-0.39, 0.29) is 21.9 Å². The molecule has 2 heterocycles. The molecule has 192 valence electrons. The topological polar surface area (TPSA) is 81.2 Å². The highest BCUT2D eigenvalue weighted by molar-refractivity contribution is 7.89. The first kappa shape index (κ1) is 24.1. The monoisotopic (exact) mass is 525 g/mol. The van der Waals surface area contributed by atoms with Gasteiger partial charge < -0.3 is 14.9 Å². The first-order valence-electron chi connectivity index (χ1n) is 12.5. The fraction of sp³-hybridized carbons (Fsp3) is 0.167. The summed E-state index contributed by atoms with van der Waals surface area (Å²) in [7, 11) is -2.74. The van der Waals surface area contributed by atoms with E-state index in [1.807, 2.05) is 48.5 Å². The van der Waals surface area contributed by atoms with Crippen molar-refractivity contribution in [1.82, 2.24) is 4.31 Å². The van der Waals surface area contributed by atoms with Gasteiger partial charge in [0.1, 0.15) is 10.6 Å². The Morgan fingerprint density at radius 2 is 1.37 bits per heavy atom. The predicted octanol–water partition coefficient (Wildman–Crippen LogP) is 4.91. The number of sulfonamides is 1. The lowest BCUT2D eigenvalue weighted by Gasteiger charge is -2.38. The van der Waals surface area contributed by atoms with Crippen LogP contribution in [0.5, 0.6) is 0 Å². The average molecular weight is 526 g/mol. The molecule has 2 aliphatic heterocycles. The number of fused-ring (bicyclic) bond motifs is 2. The van der Waals surface area contributed by atoms with Crippen LogP contribution < -0.4 is 9.80 Å². The summed E-state index contributed by atoms with van der Waals surface area (Å²) in [5, 5.41) is 13.0. The number of ketones is 1. The molecule has 1 N–H and O–H groups in total. The summed E-state index contributed by atoms with van der Waals surface area (Å²) in [4.78, 5) is 17.9. The third-order valence-electron chi connectivity index (χ3n) is 7.39. The van der Waals surface area contributed by atoms with Gasteiger partial charge in [0.15, 0.2) is 5.76 Å². The Morgan fingerprint density at radius 3 is 2.08 bits per heavy atom. The third kappa shape index (κ3) is 3.97. The van der Waals surface area contributed by atoms with Crippen molar-refractivity contribution in [3.63, 3.8) is 0 Å². The molecule has 0 unspecified atom stereocenters. The van der Waals surface area contributed by atoms with Crippen molar-refractivity contribution in [2.45, 2.75) is 4.90 Å². The van der Waals surface area contributed by atoms with Crippen molar-refractivity contribution in [3.05, 3.63) is 108 Å². The molecule has 4 aromatic rings. The smallest absolute Gasteiger partial charge is 0.265 e. The van der Waals surface area contributed by atoms with Crippen molar-refractivity contribution in [2.24, 2.45) is 0 Å². The largest absolute Gasteiger partial charge is 0.505 e. The molecule has 0 radical (unpaired) electrons. The molecular formula is C30H27N3O4S. The fourth-order valence-corrected chi connectivity index (χ4v) is 6.65. The zero-order chi connectivity index (χ0) is 26.4. The van der Waals surface area contributed by atoms with Gasteiger partial charge in [-0.25, -0.2) is 8.42 Å². The number of hydrogen-bond donors (Lipinski definition) is 1. The quantitative estimate of drug-likeness (QED) is 0.302. The second-order valence-corrected chi connectivity index (χ2v) is 11.5. The molecule has 1 saturated heterocycles. The number of rotatable bonds is 3. The highest BCUT2D eigenvalue weighted by atomic mass is 32.2. The second-order valence-electron chi connectivity index (χ2n) is 9.55. The Kier molecular flexibility index (Phi) is 5.84. The van der Waals surface area contributed by atoms with E-state index in [2.05, 4.69) is 21.9 Å². The maximum Gasteiger partial charge on any atom is 0.265 e. The maximum absolute atomic E-state index is 13.6. The van der Waals surface area contributed by atoms with E-state index in [0.717, 1.165) is 52.6 Å². The highest BCUT2D eigenvalue weighted by Gasteiger charge is 2.40. The number of allylic oxidation sites excluding steroid dienone is 1. The van der Waals surface area contributed by atoms with E-state index in [1.165, 1.54) is 7.05 Å². The molecule has 4 aromatic carbocycles. The lowest BCUT2D eigenvalue weighted by atomic mass is 10.0. The van der Waals surface area contributed by atoms with Crippen LogP contribution in [0.3, 0.4) is 0 Å². The second kappa shape index (κ2) is 9.22. The third-order valence-corrected chi connectivity index (χ3v) is 9.19. The average Bonchev–Trinajstić information content (AvgIpc) is 2.96. The number of aliphatic hydroxyl groups is 1. The number of hydrogen-bond acceptors (Lipinski definition) is 6. The van der Waals surface area contributed by atoms with Crippen LogP contribution in [0, 0.1) is 0 Å². The van der Waals surface area contributed by atoms with Gasteiger partial charge in [0.25, 0.3) is 10.0 Å². The Bertz CT molecular complexity index is 1690. The van der Waals surface area contributed by atoms with Crippen LogP contribution in [0.4, 0.5) is 11.4 Å². The molecule has 0 bridgehead atoms. The van der Waals surface area contributed by atoms with Crippen LogP contribution in [-0.4, -0.2) is 56.8 Å². The van der Waals surface area contributed by atoms with Crippen LogP contribution in [0.2, 0.25) is 0 Å². The number of carbonyl (C=O) groups is 1. The Labute approximate surface area is 221 Å². The molecule has 8 heteroatoms. The first-order valence-corrected chi connectivity index (χ1v) is 13.9. The Hall–Kier alpha value is -4.30. The van der Waals surface area contributed by atoms with Crippen molar-refractivity contribution in [3.8, 4) is 0 Å². The molecule has 2 aliphatic rings. The number of piperazine rings is 1. The van der Waals surface area contributed by atoms with Gasteiger partial charge in [0.2, 0.25) is 5.78 Å². The summed E-state index contributed by atoms with van der Waals surface area (Å²) in [5.74, 6) is -0.887. The Morgan fingerprint density at radius 1 is 0.737 bits per heavy atom. The summed E-state index contributed by atoms with van der Waals surface area (Å²) in [6.45, 7) is 3.06. The van der Waals surface area contributed by atoms with Crippen LogP contribution in [-0.2, 0) is 10.0 Å². The summed E-state index contributed by atoms with van der Waals surface area (Å²) >= 11 is 0. The molecule has 38 heavy (non-hydrogen) atoms. The normalized spacial score (nSPS) is 18.4. The summed E-state index contributed by atoms with van der Waals surface area (Å²) in [6, 6.07) is 28.1. The van der Waals surface area contributed by atoms with E-state index in [0.29, 0.717) is 5.56 Å². The molecule has 6 rings (SSSR count). The molecule has 0 amide bonds. The minimum atomic E-state index is -4.06. The molecule has 0 spiro atoms. The minimum absolute atomic E-state index is 0.0388. The molecule has 0 atom stereocenters. The number of nitrogens with zero attached hydrogens (tertiary/aromatic N) is 3. The standard InChI is InChI=1S/C30H27N3O4S/c1-31-28(29(34)23-12-11-21-7-5-6-8-22(21)19-23)30(35)26-14-13-25(20-27(26)38(31,36)37)33-17-15-32(16-18-33)24-9-3-2-4-10-24/h2-14,19-20,34H,15-18H2,1H3. The lowest BCUT2D eigenvalue weighted by Crippen LogP contribution is -2.46. The number of benzene rings is 4. The van der Waals surface area contributed by atoms with Gasteiger partial charge in [-0.3, -0.25) is 9.10 Å². The minimum Gasteiger partial charge on any atom is -0.505 e. The Balaban J connectivity index is 1.33. The number of carbonyl (C=O) groups excluding carboxylic acids is 1. The highest BCUT2D eigenvalue weighted by Crippen LogP contribution is 2.37. The summed E-state index contributed by atoms with van der Waals surface area (Å²) in [6.07, 6.45) is 0. The molecule has 0 aliphatic carbocycles. The SMILES string of the molecule is CN1C(=C(O)c2ccc3ccccc3c2)C(=O)c2ccc(N3CCN(c4ccccc4)CC3)cc2S1(=O)=O. The maximum atomic E-state index is 13.6. The van der Waals surface area contributed by atoms with Gasteiger partial charge in [-0.15, -0.1) is 0 Å². The van der Waals surface area contributed by atoms with Gasteiger partial charge >= 0.3 is 0 Å². The zero-order valence-electron chi connectivity index (χ0n) is 20.9. The van der Waals surface area contributed by atoms with Gasteiger partial charge in [-0.2, -0.15) is 0 Å². The van der Waals surface area contributed by atoms with Crippen molar-refractivity contribution >= 4 is 43.7 Å². The van der Waals surface area contributed by atoms with Gasteiger partial charge in [-0.05, 0) is 47.2 Å². The van der Waals surface area contributed by atoms with E-state index in [1.54, 1.807) is 30.3 Å².